The third-order valence-corrected chi connectivity index (χ3v) is 8.88. The van der Waals surface area contributed by atoms with Crippen LogP contribution in [0.25, 0.3) is 10.1 Å². The van der Waals surface area contributed by atoms with E-state index in [9.17, 15) is 40.3 Å². The Balaban J connectivity index is 1.45. The van der Waals surface area contributed by atoms with E-state index in [-0.39, 0.29) is 50.3 Å². The van der Waals surface area contributed by atoms with Crippen molar-refractivity contribution in [1.82, 2.24) is 5.32 Å². The van der Waals surface area contributed by atoms with Crippen molar-refractivity contribution in [3.63, 3.8) is 0 Å². The molecule has 16 heteroatoms. The average Bonchev–Trinajstić information content (AvgIpc) is 3.64. The normalized spacial score (nSPS) is 15.2. The van der Waals surface area contributed by atoms with Crippen molar-refractivity contribution in [3.05, 3.63) is 82.0 Å². The number of alkyl halides is 6. The number of amides is 2. The number of carbonyl (C=O) groups excluding carboxylic acids is 2. The summed E-state index contributed by atoms with van der Waals surface area (Å²) < 4.78 is 99.4. The minimum atomic E-state index is -5.02. The highest BCUT2D eigenvalue weighted by Crippen LogP contribution is 2.41. The Bertz CT molecular complexity index is 1830. The van der Waals surface area contributed by atoms with E-state index in [2.05, 4.69) is 16.0 Å². The second kappa shape index (κ2) is 14.0. The first-order valence-electron chi connectivity index (χ1n) is 14.6. The number of rotatable bonds is 10. The molecule has 0 spiro atoms. The second-order valence-corrected chi connectivity index (χ2v) is 12.1. The highest BCUT2D eigenvalue weighted by molar-refractivity contribution is 7.20. The third kappa shape index (κ3) is 7.82. The standard InChI is InChI=1S/C32H29F7N4O4S/c1-47-25-7-4-20(43-10-8-19(16-43)40-9-11-44)14-22(25)30(46)42-29-21-5-2-17(31(34,35)36)12-26(21)48-27(29)15-28(45)41-18-3-6-24(33)23(13-18)32(37,38)39/h2-7,12-14,19,40,44H,8-11,15-16H2,1H3,(H,41,45)(H,42,46). The van der Waals surface area contributed by atoms with Crippen LogP contribution < -0.4 is 25.6 Å². The minimum absolute atomic E-state index is 0.00693. The highest BCUT2D eigenvalue weighted by Gasteiger charge is 2.35. The molecule has 4 N–H and O–H groups in total. The molecule has 4 aromatic rings. The van der Waals surface area contributed by atoms with Gasteiger partial charge in [-0.3, -0.25) is 9.59 Å². The molecule has 48 heavy (non-hydrogen) atoms. The summed E-state index contributed by atoms with van der Waals surface area (Å²) in [6.45, 7) is 1.71. The van der Waals surface area contributed by atoms with Crippen LogP contribution >= 0.6 is 11.3 Å². The zero-order valence-corrected chi connectivity index (χ0v) is 26.0. The fourth-order valence-electron chi connectivity index (χ4n) is 5.44. The van der Waals surface area contributed by atoms with Gasteiger partial charge in [-0.15, -0.1) is 11.3 Å². The molecule has 0 bridgehead atoms. The molecule has 1 atom stereocenters. The number of thiophene rings is 1. The van der Waals surface area contributed by atoms with Crippen LogP contribution in [0.4, 0.5) is 47.8 Å². The lowest BCUT2D eigenvalue weighted by atomic mass is 10.1. The van der Waals surface area contributed by atoms with Gasteiger partial charge in [0.1, 0.15) is 11.6 Å². The lowest BCUT2D eigenvalue weighted by molar-refractivity contribution is -0.140. The van der Waals surface area contributed by atoms with Gasteiger partial charge in [0.05, 0.1) is 42.5 Å². The van der Waals surface area contributed by atoms with Crippen molar-refractivity contribution in [1.29, 1.82) is 0 Å². The summed E-state index contributed by atoms with van der Waals surface area (Å²) in [6.07, 6.45) is -9.43. The molecule has 2 amide bonds. The summed E-state index contributed by atoms with van der Waals surface area (Å²) in [7, 11) is 1.37. The molecule has 8 nitrogen and oxygen atoms in total. The van der Waals surface area contributed by atoms with E-state index in [1.165, 1.54) is 13.2 Å². The van der Waals surface area contributed by atoms with Crippen molar-refractivity contribution in [2.75, 3.05) is 48.9 Å². The minimum Gasteiger partial charge on any atom is -0.496 e. The van der Waals surface area contributed by atoms with Crippen LogP contribution in [0.2, 0.25) is 0 Å². The predicted molar refractivity (Wildman–Crippen MR) is 167 cm³/mol. The number of methoxy groups -OCH3 is 1. The van der Waals surface area contributed by atoms with E-state index >= 15 is 0 Å². The van der Waals surface area contributed by atoms with Crippen LogP contribution in [0.15, 0.2) is 54.6 Å². The van der Waals surface area contributed by atoms with Crippen molar-refractivity contribution >= 4 is 50.3 Å². The molecule has 2 heterocycles. The number of aliphatic hydroxyl groups is 1. The van der Waals surface area contributed by atoms with Crippen molar-refractivity contribution in [2.24, 2.45) is 0 Å². The van der Waals surface area contributed by atoms with Gasteiger partial charge in [-0.05, 0) is 55.0 Å². The van der Waals surface area contributed by atoms with Crippen LogP contribution in [-0.2, 0) is 23.6 Å². The number of anilines is 3. The first kappa shape index (κ1) is 34.9. The molecule has 1 aromatic heterocycles. The van der Waals surface area contributed by atoms with Gasteiger partial charge in [0.25, 0.3) is 5.91 Å². The van der Waals surface area contributed by atoms with Gasteiger partial charge in [0, 0.05) is 52.0 Å². The zero-order valence-electron chi connectivity index (χ0n) is 25.2. The molecule has 1 aliphatic heterocycles. The van der Waals surface area contributed by atoms with Gasteiger partial charge < -0.3 is 30.7 Å². The van der Waals surface area contributed by atoms with E-state index < -0.39 is 47.5 Å². The van der Waals surface area contributed by atoms with E-state index in [4.69, 9.17) is 9.84 Å². The van der Waals surface area contributed by atoms with Gasteiger partial charge in [0.15, 0.2) is 0 Å². The number of carbonyl (C=O) groups is 2. The number of hydrogen-bond acceptors (Lipinski definition) is 7. The molecule has 0 aliphatic carbocycles. The van der Waals surface area contributed by atoms with E-state index in [1.807, 2.05) is 4.90 Å². The van der Waals surface area contributed by atoms with E-state index in [0.717, 1.165) is 36.0 Å². The van der Waals surface area contributed by atoms with E-state index in [1.54, 1.807) is 18.2 Å². The second-order valence-electron chi connectivity index (χ2n) is 11.0. The molecular formula is C32H29F7N4O4S. The zero-order chi connectivity index (χ0) is 34.8. The number of nitrogens with zero attached hydrogens (tertiary/aromatic N) is 1. The molecule has 256 valence electrons. The monoisotopic (exact) mass is 698 g/mol. The maximum atomic E-state index is 13.8. The summed E-state index contributed by atoms with van der Waals surface area (Å²) in [6, 6.07) is 9.92. The van der Waals surface area contributed by atoms with E-state index in [0.29, 0.717) is 37.5 Å². The summed E-state index contributed by atoms with van der Waals surface area (Å²) in [5, 5.41) is 17.5. The topological polar surface area (TPSA) is 103 Å². The molecule has 1 saturated heterocycles. The van der Waals surface area contributed by atoms with Crippen LogP contribution in [0, 0.1) is 5.82 Å². The smallest absolute Gasteiger partial charge is 0.419 e. The Labute approximate surface area is 273 Å². The van der Waals surface area contributed by atoms with Crippen LogP contribution in [0.5, 0.6) is 5.75 Å². The number of hydrogen-bond donors (Lipinski definition) is 4. The molecular weight excluding hydrogens is 669 g/mol. The molecule has 1 fully saturated rings. The van der Waals surface area contributed by atoms with Crippen LogP contribution in [0.3, 0.4) is 0 Å². The highest BCUT2D eigenvalue weighted by atomic mass is 32.1. The summed E-state index contributed by atoms with van der Waals surface area (Å²) in [5.41, 5.74) is -2.04. The van der Waals surface area contributed by atoms with Crippen molar-refractivity contribution in [2.45, 2.75) is 31.2 Å². The number of halogens is 7. The van der Waals surface area contributed by atoms with Gasteiger partial charge in [-0.2, -0.15) is 26.3 Å². The number of aliphatic hydroxyl groups excluding tert-OH is 1. The Morgan fingerprint density at radius 1 is 1.00 bits per heavy atom. The largest absolute Gasteiger partial charge is 0.496 e. The van der Waals surface area contributed by atoms with Gasteiger partial charge in [0.2, 0.25) is 5.91 Å². The lowest BCUT2D eigenvalue weighted by Gasteiger charge is -2.21. The number of fused-ring (bicyclic) bond motifs is 1. The SMILES string of the molecule is COc1ccc(N2CCC(NCCO)C2)cc1C(=O)Nc1c(CC(=O)Nc2ccc(F)c(C(F)(F)F)c2)sc2cc(C(F)(F)F)ccc12. The fraction of sp³-hybridized carbons (Fsp3) is 0.312. The summed E-state index contributed by atoms with van der Waals surface area (Å²) >= 11 is 0.800. The Hall–Kier alpha value is -4.41. The van der Waals surface area contributed by atoms with Crippen molar-refractivity contribution < 1.29 is 50.2 Å². The average molecular weight is 699 g/mol. The lowest BCUT2D eigenvalue weighted by Crippen LogP contribution is -2.34. The van der Waals surface area contributed by atoms with Crippen molar-refractivity contribution in [3.8, 4) is 5.75 Å². The number of benzene rings is 3. The Morgan fingerprint density at radius 3 is 2.46 bits per heavy atom. The van der Waals surface area contributed by atoms with Gasteiger partial charge >= 0.3 is 12.4 Å². The quantitative estimate of drug-likeness (QED) is 0.138. The maximum Gasteiger partial charge on any atom is 0.419 e. The van der Waals surface area contributed by atoms with Crippen LogP contribution in [0.1, 0.15) is 32.8 Å². The molecule has 0 saturated carbocycles. The molecule has 0 radical (unpaired) electrons. The first-order chi connectivity index (χ1) is 22.7. The van der Waals surface area contributed by atoms with Gasteiger partial charge in [-0.25, -0.2) is 4.39 Å². The number of nitrogens with one attached hydrogen (secondary N) is 3. The summed E-state index contributed by atoms with van der Waals surface area (Å²) in [5.74, 6) is -2.86. The summed E-state index contributed by atoms with van der Waals surface area (Å²) in [4.78, 5) is 28.9. The fourth-order valence-corrected chi connectivity index (χ4v) is 6.64. The molecule has 5 rings (SSSR count). The predicted octanol–water partition coefficient (Wildman–Crippen LogP) is 6.68. The molecule has 1 aliphatic rings. The van der Waals surface area contributed by atoms with Crippen LogP contribution in [-0.4, -0.2) is 56.3 Å². The number of ether oxygens (including phenoxy) is 1. The Kier molecular flexibility index (Phi) is 10.2. The molecule has 1 unspecified atom stereocenters. The molecule has 3 aromatic carbocycles. The third-order valence-electron chi connectivity index (χ3n) is 7.73. The van der Waals surface area contributed by atoms with Gasteiger partial charge in [-0.1, -0.05) is 6.07 Å². The first-order valence-corrected chi connectivity index (χ1v) is 15.4. The maximum absolute atomic E-state index is 13.8. The Morgan fingerprint density at radius 2 is 1.77 bits per heavy atom.